The van der Waals surface area contributed by atoms with Crippen molar-refractivity contribution in [1.82, 2.24) is 27.4 Å². The summed E-state index contributed by atoms with van der Waals surface area (Å²) < 4.78 is 15.6. The van der Waals surface area contributed by atoms with E-state index in [-0.39, 0.29) is 0 Å². The van der Waals surface area contributed by atoms with Crippen LogP contribution in [-0.4, -0.2) is 122 Å². The molecule has 0 rings (SSSR count). The van der Waals surface area contributed by atoms with E-state index in [2.05, 4.69) is 106 Å². The van der Waals surface area contributed by atoms with Gasteiger partial charge in [-0.1, -0.05) is 72.9 Å². The van der Waals surface area contributed by atoms with Crippen LogP contribution in [0.4, 0.5) is 0 Å². The third-order valence-electron chi connectivity index (χ3n) is 7.29. The molecule has 0 radical (unpaired) electrons. The van der Waals surface area contributed by atoms with Gasteiger partial charge >= 0.3 is 16.2 Å². The van der Waals surface area contributed by atoms with E-state index >= 15 is 0 Å². The number of rotatable bonds is 31. The molecule has 0 saturated carbocycles. The lowest BCUT2D eigenvalue weighted by Crippen LogP contribution is -2.99. The molecular formula is C36H60N6Si2. The van der Waals surface area contributed by atoms with Crippen LogP contribution in [0.25, 0.3) is 0 Å². The van der Waals surface area contributed by atoms with Gasteiger partial charge in [-0.25, -0.2) is 0 Å². The summed E-state index contributed by atoms with van der Waals surface area (Å²) in [6.45, 7) is 58.4. The molecule has 0 spiro atoms. The lowest BCUT2D eigenvalue weighted by Gasteiger charge is -2.67. The zero-order valence-corrected chi connectivity index (χ0v) is 29.6. The molecule has 0 saturated heterocycles. The first-order chi connectivity index (χ1) is 21.4. The van der Waals surface area contributed by atoms with Gasteiger partial charge in [-0.05, 0) is 0 Å². The summed E-state index contributed by atoms with van der Waals surface area (Å²) in [6.07, 6.45) is 23.9. The van der Waals surface area contributed by atoms with Gasteiger partial charge in [0.1, 0.15) is 0 Å². The highest BCUT2D eigenvalue weighted by Crippen LogP contribution is 2.39. The first kappa shape index (κ1) is 41.1. The Morgan fingerprint density at radius 2 is 0.318 bits per heavy atom. The molecule has 242 valence electrons. The molecule has 0 bridgehead atoms. The molecule has 0 unspecified atom stereocenters. The van der Waals surface area contributed by atoms with E-state index in [9.17, 15) is 0 Å². The SMILES string of the molecule is C=CCN(CC=C)[Si](N(CC=C)CC=C)(N(CC=C)CC=C)[Si](N(CC=C)CC=C)(N(CC=C)CC=C)N(CC=C)CC=C. The van der Waals surface area contributed by atoms with Crippen LogP contribution in [0.2, 0.25) is 0 Å². The van der Waals surface area contributed by atoms with Crippen LogP contribution in [0.3, 0.4) is 0 Å². The molecule has 0 aromatic carbocycles. The zero-order valence-electron chi connectivity index (χ0n) is 27.6. The molecule has 0 aliphatic heterocycles. The van der Waals surface area contributed by atoms with Gasteiger partial charge in [-0.15, -0.1) is 78.9 Å². The van der Waals surface area contributed by atoms with Crippen LogP contribution < -0.4 is 0 Å². The first-order valence-corrected chi connectivity index (χ1v) is 19.9. The van der Waals surface area contributed by atoms with Crippen molar-refractivity contribution in [3.63, 3.8) is 0 Å². The van der Waals surface area contributed by atoms with Crippen molar-refractivity contribution >= 4 is 16.2 Å². The predicted molar refractivity (Wildman–Crippen MR) is 203 cm³/mol. The minimum atomic E-state index is -3.30. The highest BCUT2D eigenvalue weighted by molar-refractivity contribution is 7.35. The summed E-state index contributed by atoms with van der Waals surface area (Å²) in [6, 6.07) is 0. The third-order valence-corrected chi connectivity index (χ3v) is 24.1. The summed E-state index contributed by atoms with van der Waals surface area (Å²) in [5.41, 5.74) is 0. The van der Waals surface area contributed by atoms with Gasteiger partial charge < -0.3 is 0 Å². The Kier molecular flexibility index (Phi) is 21.9. The number of hydrogen-bond donors (Lipinski definition) is 0. The Bertz CT molecular complexity index is 731. The fourth-order valence-corrected chi connectivity index (χ4v) is 26.8. The van der Waals surface area contributed by atoms with Gasteiger partial charge in [0.25, 0.3) is 0 Å². The average molecular weight is 633 g/mol. The summed E-state index contributed by atoms with van der Waals surface area (Å²) in [5, 5.41) is 0. The maximum absolute atomic E-state index is 4.24. The van der Waals surface area contributed by atoms with Crippen molar-refractivity contribution in [3.05, 3.63) is 152 Å². The van der Waals surface area contributed by atoms with E-state index in [0.29, 0.717) is 78.5 Å². The third kappa shape index (κ3) is 9.29. The van der Waals surface area contributed by atoms with Crippen molar-refractivity contribution < 1.29 is 0 Å². The number of hydrogen-bond acceptors (Lipinski definition) is 6. The van der Waals surface area contributed by atoms with Crippen molar-refractivity contribution in [1.29, 1.82) is 0 Å². The molecule has 0 fully saturated rings. The Morgan fingerprint density at radius 1 is 0.227 bits per heavy atom. The van der Waals surface area contributed by atoms with Crippen molar-refractivity contribution in [2.75, 3.05) is 78.5 Å². The van der Waals surface area contributed by atoms with Crippen molar-refractivity contribution in [2.45, 2.75) is 0 Å². The fourth-order valence-electron chi connectivity index (χ4n) is 6.32. The normalized spacial score (nSPS) is 11.9. The summed E-state index contributed by atoms with van der Waals surface area (Å²) in [4.78, 5) is 0. The molecule has 0 heterocycles. The standard InChI is InChI=1S/C36H60N6Si2/c1-13-25-37(26-14-2)43(38(27-15-3)28-16-4,39(29-17-5)30-18-6)44(40(31-19-7)32-20-8,41(33-21-9)34-22-10)42(35-23-11)36-24-12/h13-24H,1-12,25-36H2. The fraction of sp³-hybridized carbons (Fsp3) is 0.333. The Balaban J connectivity index is 9.47. The van der Waals surface area contributed by atoms with Gasteiger partial charge in [0.2, 0.25) is 0 Å². The maximum Gasteiger partial charge on any atom is 0.329 e. The van der Waals surface area contributed by atoms with Crippen LogP contribution in [0.1, 0.15) is 0 Å². The van der Waals surface area contributed by atoms with Gasteiger partial charge in [-0.2, -0.15) is 0 Å². The molecule has 0 atom stereocenters. The smallest absolute Gasteiger partial charge is 0.292 e. The van der Waals surface area contributed by atoms with Crippen molar-refractivity contribution in [2.24, 2.45) is 0 Å². The summed E-state index contributed by atoms with van der Waals surface area (Å²) >= 11 is 0. The van der Waals surface area contributed by atoms with E-state index in [1.807, 2.05) is 72.9 Å². The van der Waals surface area contributed by atoms with E-state index in [1.54, 1.807) is 0 Å². The second-order valence-corrected chi connectivity index (χ2v) is 20.5. The molecule has 0 amide bonds. The molecule has 6 nitrogen and oxygen atoms in total. The Morgan fingerprint density at radius 3 is 0.386 bits per heavy atom. The van der Waals surface area contributed by atoms with Crippen LogP contribution in [0.15, 0.2) is 152 Å². The lowest BCUT2D eigenvalue weighted by atomic mass is 10.5. The van der Waals surface area contributed by atoms with Crippen molar-refractivity contribution in [3.8, 4) is 0 Å². The lowest BCUT2D eigenvalue weighted by molar-refractivity contribution is 0.255. The highest BCUT2D eigenvalue weighted by Gasteiger charge is 2.74. The molecule has 0 N–H and O–H groups in total. The van der Waals surface area contributed by atoms with Gasteiger partial charge in [0.05, 0.1) is 0 Å². The Hall–Kier alpha value is -2.93. The van der Waals surface area contributed by atoms with Crippen LogP contribution in [0.5, 0.6) is 0 Å². The van der Waals surface area contributed by atoms with E-state index in [0.717, 1.165) is 0 Å². The molecule has 8 heteroatoms. The Labute approximate surface area is 273 Å². The average Bonchev–Trinajstić information content (AvgIpc) is 3.00. The molecule has 0 aromatic heterocycles. The minimum Gasteiger partial charge on any atom is -0.292 e. The van der Waals surface area contributed by atoms with Crippen LogP contribution >= 0.6 is 0 Å². The molecule has 44 heavy (non-hydrogen) atoms. The van der Waals surface area contributed by atoms with Crippen LogP contribution in [-0.2, 0) is 0 Å². The number of nitrogens with zero attached hydrogens (tertiary/aromatic N) is 6. The molecule has 0 aliphatic carbocycles. The second kappa shape index (κ2) is 23.5. The first-order valence-electron chi connectivity index (χ1n) is 15.2. The molecular weight excluding hydrogens is 573 g/mol. The summed E-state index contributed by atoms with van der Waals surface area (Å²) in [7, 11) is -6.60. The molecule has 0 aliphatic rings. The topological polar surface area (TPSA) is 19.4 Å². The van der Waals surface area contributed by atoms with Gasteiger partial charge in [-0.3, -0.25) is 27.4 Å². The van der Waals surface area contributed by atoms with Gasteiger partial charge in [0, 0.05) is 78.5 Å². The van der Waals surface area contributed by atoms with Crippen LogP contribution in [0, 0.1) is 0 Å². The minimum absolute atomic E-state index is 0.630. The highest BCUT2D eigenvalue weighted by atomic mass is 29.3. The molecule has 0 aromatic rings. The maximum atomic E-state index is 4.24. The quantitative estimate of drug-likeness (QED) is 0.0687. The van der Waals surface area contributed by atoms with E-state index < -0.39 is 16.2 Å². The van der Waals surface area contributed by atoms with E-state index in [4.69, 9.17) is 0 Å². The largest absolute Gasteiger partial charge is 0.329 e. The predicted octanol–water partition coefficient (Wildman–Crippen LogP) is 5.99. The van der Waals surface area contributed by atoms with Gasteiger partial charge in [0.15, 0.2) is 0 Å². The monoisotopic (exact) mass is 632 g/mol. The van der Waals surface area contributed by atoms with E-state index in [1.165, 1.54) is 0 Å². The summed E-state index contributed by atoms with van der Waals surface area (Å²) in [5.74, 6) is 0. The zero-order chi connectivity index (χ0) is 33.4. The second-order valence-electron chi connectivity index (χ2n) is 10.2.